The van der Waals surface area contributed by atoms with Gasteiger partial charge in [-0.25, -0.2) is 4.39 Å². The zero-order chi connectivity index (χ0) is 12.8. The zero-order valence-corrected chi connectivity index (χ0v) is 11.2. The molecule has 1 fully saturated rings. The lowest BCUT2D eigenvalue weighted by Crippen LogP contribution is -2.24. The molecule has 1 aromatic rings. The molecule has 100 valence electrons. The molecular weight excluding hydrogens is 227 g/mol. The molecule has 0 amide bonds. The first-order valence-corrected chi connectivity index (χ1v) is 7.01. The highest BCUT2D eigenvalue weighted by Crippen LogP contribution is 2.18. The van der Waals surface area contributed by atoms with Gasteiger partial charge in [-0.1, -0.05) is 6.07 Å². The van der Waals surface area contributed by atoms with Gasteiger partial charge in [-0.2, -0.15) is 0 Å². The van der Waals surface area contributed by atoms with Crippen LogP contribution in [-0.4, -0.2) is 26.2 Å². The van der Waals surface area contributed by atoms with Gasteiger partial charge in [-0.05, 0) is 63.4 Å². The summed E-state index contributed by atoms with van der Waals surface area (Å²) in [6.07, 6.45) is 3.78. The molecule has 0 aromatic heterocycles. The smallest absolute Gasteiger partial charge is 0.125 e. The van der Waals surface area contributed by atoms with Crippen molar-refractivity contribution >= 4 is 5.69 Å². The second-order valence-electron chi connectivity index (χ2n) is 5.06. The van der Waals surface area contributed by atoms with Gasteiger partial charge < -0.3 is 10.2 Å². The van der Waals surface area contributed by atoms with Gasteiger partial charge in [0.15, 0.2) is 0 Å². The van der Waals surface area contributed by atoms with E-state index in [9.17, 15) is 4.39 Å². The first-order valence-electron chi connectivity index (χ1n) is 7.01. The van der Waals surface area contributed by atoms with E-state index in [0.29, 0.717) is 0 Å². The van der Waals surface area contributed by atoms with E-state index in [4.69, 9.17) is 0 Å². The van der Waals surface area contributed by atoms with Crippen LogP contribution in [-0.2, 0) is 0 Å². The number of rotatable bonds is 6. The molecule has 1 heterocycles. The normalized spacial score (nSPS) is 19.1. The molecule has 0 aliphatic carbocycles. The molecule has 0 saturated carbocycles. The van der Waals surface area contributed by atoms with E-state index in [1.807, 2.05) is 6.07 Å². The quantitative estimate of drug-likeness (QED) is 0.835. The van der Waals surface area contributed by atoms with Crippen molar-refractivity contribution in [1.29, 1.82) is 0 Å². The highest BCUT2D eigenvalue weighted by Gasteiger charge is 2.14. The largest absolute Gasteiger partial charge is 0.372 e. The monoisotopic (exact) mass is 250 g/mol. The molecule has 18 heavy (non-hydrogen) atoms. The number of benzene rings is 1. The predicted octanol–water partition coefficient (Wildman–Crippen LogP) is 3.04. The van der Waals surface area contributed by atoms with Gasteiger partial charge in [-0.3, -0.25) is 0 Å². The van der Waals surface area contributed by atoms with E-state index >= 15 is 0 Å². The van der Waals surface area contributed by atoms with Crippen molar-refractivity contribution in [2.45, 2.75) is 26.2 Å². The number of anilines is 1. The summed E-state index contributed by atoms with van der Waals surface area (Å²) in [5.41, 5.74) is 1.00. The van der Waals surface area contributed by atoms with Gasteiger partial charge in [-0.15, -0.1) is 0 Å². The van der Waals surface area contributed by atoms with Crippen LogP contribution in [0.5, 0.6) is 0 Å². The molecule has 2 nitrogen and oxygen atoms in total. The summed E-state index contributed by atoms with van der Waals surface area (Å²) in [7, 11) is 0. The van der Waals surface area contributed by atoms with Crippen molar-refractivity contribution in [2.24, 2.45) is 5.92 Å². The minimum atomic E-state index is -0.147. The van der Waals surface area contributed by atoms with Gasteiger partial charge in [0.05, 0.1) is 0 Å². The highest BCUT2D eigenvalue weighted by atomic mass is 19.1. The molecule has 1 aliphatic rings. The Morgan fingerprint density at radius 2 is 2.33 bits per heavy atom. The van der Waals surface area contributed by atoms with Crippen LogP contribution in [0.25, 0.3) is 0 Å². The molecule has 1 atom stereocenters. The van der Waals surface area contributed by atoms with Crippen molar-refractivity contribution in [3.05, 3.63) is 30.1 Å². The summed E-state index contributed by atoms with van der Waals surface area (Å²) in [4.78, 5) is 2.26. The van der Waals surface area contributed by atoms with E-state index in [2.05, 4.69) is 17.1 Å². The summed E-state index contributed by atoms with van der Waals surface area (Å²) in [5.74, 6) is 0.696. The highest BCUT2D eigenvalue weighted by molar-refractivity contribution is 5.46. The fourth-order valence-electron chi connectivity index (χ4n) is 2.67. The number of hydrogen-bond donors (Lipinski definition) is 1. The average Bonchev–Trinajstić information content (AvgIpc) is 2.88. The minimum Gasteiger partial charge on any atom is -0.372 e. The van der Waals surface area contributed by atoms with E-state index in [1.54, 1.807) is 12.1 Å². The Balaban J connectivity index is 1.81. The van der Waals surface area contributed by atoms with E-state index in [1.165, 1.54) is 38.4 Å². The number of nitrogens with one attached hydrogen (secondary N) is 1. The van der Waals surface area contributed by atoms with Crippen molar-refractivity contribution in [3.63, 3.8) is 0 Å². The SMILES string of the molecule is CCN(CCCC1CCNC1)c1cccc(F)c1. The van der Waals surface area contributed by atoms with Gasteiger partial charge in [0.25, 0.3) is 0 Å². The molecule has 0 bridgehead atoms. The fourth-order valence-corrected chi connectivity index (χ4v) is 2.67. The standard InChI is InChI=1S/C15H23FN2/c1-2-18(15-7-3-6-14(16)11-15)10-4-5-13-8-9-17-12-13/h3,6-7,11,13,17H,2,4-5,8-10,12H2,1H3. The van der Waals surface area contributed by atoms with Gasteiger partial charge in [0.1, 0.15) is 5.82 Å². The van der Waals surface area contributed by atoms with Crippen LogP contribution in [0.1, 0.15) is 26.2 Å². The Labute approximate surface area is 109 Å². The molecule has 0 radical (unpaired) electrons. The molecule has 1 unspecified atom stereocenters. The zero-order valence-electron chi connectivity index (χ0n) is 11.2. The van der Waals surface area contributed by atoms with Gasteiger partial charge >= 0.3 is 0 Å². The molecule has 2 rings (SSSR count). The lowest BCUT2D eigenvalue weighted by atomic mass is 10.0. The summed E-state index contributed by atoms with van der Waals surface area (Å²) in [6.45, 7) is 6.43. The van der Waals surface area contributed by atoms with Crippen molar-refractivity contribution in [2.75, 3.05) is 31.1 Å². The number of hydrogen-bond acceptors (Lipinski definition) is 2. The van der Waals surface area contributed by atoms with Crippen LogP contribution < -0.4 is 10.2 Å². The Hall–Kier alpha value is -1.09. The molecular formula is C15H23FN2. The lowest BCUT2D eigenvalue weighted by molar-refractivity contribution is 0.507. The van der Waals surface area contributed by atoms with E-state index in [-0.39, 0.29) is 5.82 Å². The fraction of sp³-hybridized carbons (Fsp3) is 0.600. The molecule has 3 heteroatoms. The van der Waals surface area contributed by atoms with Gasteiger partial charge in [0, 0.05) is 18.8 Å². The third-order valence-electron chi connectivity index (χ3n) is 3.76. The summed E-state index contributed by atoms with van der Waals surface area (Å²) in [6, 6.07) is 6.90. The third kappa shape index (κ3) is 3.70. The van der Waals surface area contributed by atoms with E-state index < -0.39 is 0 Å². The van der Waals surface area contributed by atoms with Crippen molar-refractivity contribution < 1.29 is 4.39 Å². The Kier molecular flexibility index (Phi) is 5.00. The van der Waals surface area contributed by atoms with Crippen LogP contribution in [0.4, 0.5) is 10.1 Å². The van der Waals surface area contributed by atoms with Crippen LogP contribution >= 0.6 is 0 Å². The Morgan fingerprint density at radius 3 is 3.00 bits per heavy atom. The van der Waals surface area contributed by atoms with Crippen LogP contribution in [0, 0.1) is 11.7 Å². The first kappa shape index (κ1) is 13.3. The number of halogens is 1. The van der Waals surface area contributed by atoms with Crippen molar-refractivity contribution in [3.8, 4) is 0 Å². The third-order valence-corrected chi connectivity index (χ3v) is 3.76. The maximum atomic E-state index is 13.2. The summed E-state index contributed by atoms with van der Waals surface area (Å²) < 4.78 is 13.2. The molecule has 1 aliphatic heterocycles. The summed E-state index contributed by atoms with van der Waals surface area (Å²) >= 11 is 0. The second kappa shape index (κ2) is 6.74. The van der Waals surface area contributed by atoms with Crippen LogP contribution in [0.3, 0.4) is 0 Å². The van der Waals surface area contributed by atoms with E-state index in [0.717, 1.165) is 24.7 Å². The molecule has 1 aromatic carbocycles. The minimum absolute atomic E-state index is 0.147. The van der Waals surface area contributed by atoms with Crippen LogP contribution in [0.2, 0.25) is 0 Å². The molecule has 1 N–H and O–H groups in total. The second-order valence-corrected chi connectivity index (χ2v) is 5.06. The Bertz CT molecular complexity index is 361. The first-order chi connectivity index (χ1) is 8.79. The molecule has 1 saturated heterocycles. The topological polar surface area (TPSA) is 15.3 Å². The Morgan fingerprint density at radius 1 is 1.44 bits per heavy atom. The average molecular weight is 250 g/mol. The van der Waals surface area contributed by atoms with Crippen LogP contribution in [0.15, 0.2) is 24.3 Å². The summed E-state index contributed by atoms with van der Waals surface area (Å²) in [5, 5.41) is 3.40. The lowest BCUT2D eigenvalue weighted by Gasteiger charge is -2.23. The van der Waals surface area contributed by atoms with Crippen molar-refractivity contribution in [1.82, 2.24) is 5.32 Å². The maximum absolute atomic E-state index is 13.2. The molecule has 0 spiro atoms. The predicted molar refractivity (Wildman–Crippen MR) is 74.5 cm³/mol. The maximum Gasteiger partial charge on any atom is 0.125 e. The van der Waals surface area contributed by atoms with Gasteiger partial charge in [0.2, 0.25) is 0 Å². The number of nitrogens with zero attached hydrogens (tertiary/aromatic N) is 1.